The molecule has 6 aromatic carbocycles. The Morgan fingerprint density at radius 2 is 0.862 bits per heavy atom. The zero-order valence-electron chi connectivity index (χ0n) is 32.3. The monoisotopic (exact) mass is 808 g/mol. The standard InChI is InChI=1S/C48H48N4O4S2/c1-50-46(55)56-33-32-51-45(54)43(35-58-48(39-26-14-5-15-27-39,40-28-16-6-17-29-40)41-30-18-7-19-31-41)52-44(53)42(49)34-57-47(36-20-8-2-9-21-36,37-22-10-3-11-23-37)38-24-12-4-13-25-38/h2-31,42-43H,32-35,49H2,1H3,(H,50,55)(H,51,54)(H,52,53)/t42-,43-/m0/s1. The molecule has 5 N–H and O–H groups in total. The van der Waals surface area contributed by atoms with Crippen LogP contribution in [0.5, 0.6) is 0 Å². The number of benzene rings is 6. The summed E-state index contributed by atoms with van der Waals surface area (Å²) < 4.78 is 3.70. The lowest BCUT2D eigenvalue weighted by Gasteiger charge is -2.37. The molecule has 10 heteroatoms. The van der Waals surface area contributed by atoms with E-state index < -0.39 is 39.5 Å². The lowest BCUT2D eigenvalue weighted by atomic mass is 9.84. The Kier molecular flexibility index (Phi) is 14.8. The summed E-state index contributed by atoms with van der Waals surface area (Å²) in [5.41, 5.74) is 13.0. The van der Waals surface area contributed by atoms with Crippen molar-refractivity contribution in [1.82, 2.24) is 16.0 Å². The Bertz CT molecular complexity index is 1990. The number of carbonyl (C=O) groups is 3. The van der Waals surface area contributed by atoms with Crippen molar-refractivity contribution in [2.45, 2.75) is 21.6 Å². The second kappa shape index (κ2) is 20.6. The summed E-state index contributed by atoms with van der Waals surface area (Å²) in [7, 11) is 1.47. The van der Waals surface area contributed by atoms with Crippen LogP contribution in [0.15, 0.2) is 182 Å². The summed E-state index contributed by atoms with van der Waals surface area (Å²) >= 11 is 3.14. The molecule has 3 amide bonds. The maximum atomic E-state index is 14.3. The van der Waals surface area contributed by atoms with Crippen LogP contribution >= 0.6 is 23.5 Å². The summed E-state index contributed by atoms with van der Waals surface area (Å²) in [4.78, 5) is 40.0. The van der Waals surface area contributed by atoms with Crippen molar-refractivity contribution in [3.05, 3.63) is 215 Å². The third kappa shape index (κ3) is 9.82. The van der Waals surface area contributed by atoms with Crippen LogP contribution < -0.4 is 21.7 Å². The topological polar surface area (TPSA) is 123 Å². The Morgan fingerprint density at radius 1 is 0.534 bits per heavy atom. The highest BCUT2D eigenvalue weighted by Crippen LogP contribution is 2.50. The fourth-order valence-corrected chi connectivity index (χ4v) is 10.1. The first kappa shape index (κ1) is 41.8. The number of thioether (sulfide) groups is 2. The molecule has 0 saturated carbocycles. The third-order valence-corrected chi connectivity index (χ3v) is 13.1. The Morgan fingerprint density at radius 3 is 1.19 bits per heavy atom. The normalized spacial score (nSPS) is 12.4. The van der Waals surface area contributed by atoms with Crippen LogP contribution in [-0.4, -0.2) is 61.7 Å². The van der Waals surface area contributed by atoms with Crippen LogP contribution in [0.2, 0.25) is 0 Å². The minimum atomic E-state index is -0.994. The maximum absolute atomic E-state index is 14.3. The molecular weight excluding hydrogens is 761 g/mol. The highest BCUT2D eigenvalue weighted by molar-refractivity contribution is 8.01. The van der Waals surface area contributed by atoms with Crippen molar-refractivity contribution in [3.8, 4) is 0 Å². The molecule has 6 rings (SSSR count). The van der Waals surface area contributed by atoms with E-state index >= 15 is 0 Å². The van der Waals surface area contributed by atoms with E-state index in [0.29, 0.717) is 0 Å². The molecule has 0 aromatic heterocycles. The molecule has 0 heterocycles. The number of carbonyl (C=O) groups excluding carboxylic acids is 3. The fraction of sp³-hybridized carbons (Fsp3) is 0.188. The van der Waals surface area contributed by atoms with Crippen LogP contribution in [0.4, 0.5) is 4.79 Å². The first-order chi connectivity index (χ1) is 28.4. The van der Waals surface area contributed by atoms with Crippen LogP contribution in [0, 0.1) is 0 Å². The molecule has 0 spiro atoms. The Labute approximate surface area is 349 Å². The Balaban J connectivity index is 1.30. The largest absolute Gasteiger partial charge is 0.448 e. The molecular formula is C48H48N4O4S2. The smallest absolute Gasteiger partial charge is 0.406 e. The quantitative estimate of drug-likeness (QED) is 0.0519. The van der Waals surface area contributed by atoms with Gasteiger partial charge in [0.1, 0.15) is 12.6 Å². The highest BCUT2D eigenvalue weighted by atomic mass is 32.2. The summed E-state index contributed by atoms with van der Waals surface area (Å²) in [5, 5.41) is 8.30. The maximum Gasteiger partial charge on any atom is 0.406 e. The summed E-state index contributed by atoms with van der Waals surface area (Å²) in [6.45, 7) is 0.0119. The van der Waals surface area contributed by atoms with Crippen molar-refractivity contribution < 1.29 is 19.1 Å². The third-order valence-electron chi connectivity index (χ3n) is 9.84. The number of ether oxygens (including phenoxy) is 1. The SMILES string of the molecule is CNC(=O)OCCNC(=O)[C@H](CSC(c1ccccc1)(c1ccccc1)c1ccccc1)NC(=O)[C@@H](N)CSC(c1ccccc1)(c1ccccc1)c1ccccc1. The summed E-state index contributed by atoms with van der Waals surface area (Å²) in [6.07, 6.45) is -0.603. The van der Waals surface area contributed by atoms with Gasteiger partial charge in [0.05, 0.1) is 22.1 Å². The predicted octanol–water partition coefficient (Wildman–Crippen LogP) is 7.72. The van der Waals surface area contributed by atoms with E-state index in [-0.39, 0.29) is 24.7 Å². The zero-order valence-corrected chi connectivity index (χ0v) is 34.0. The van der Waals surface area contributed by atoms with Crippen molar-refractivity contribution >= 4 is 41.4 Å². The summed E-state index contributed by atoms with van der Waals surface area (Å²) in [6, 6.07) is 59.2. The minimum Gasteiger partial charge on any atom is -0.448 e. The van der Waals surface area contributed by atoms with Gasteiger partial charge in [-0.15, -0.1) is 23.5 Å². The molecule has 8 nitrogen and oxygen atoms in total. The number of nitrogens with two attached hydrogens (primary N) is 1. The second-order valence-corrected chi connectivity index (χ2v) is 16.0. The number of hydrogen-bond acceptors (Lipinski definition) is 7. The van der Waals surface area contributed by atoms with Gasteiger partial charge in [-0.2, -0.15) is 0 Å². The van der Waals surface area contributed by atoms with Crippen LogP contribution in [-0.2, 0) is 23.8 Å². The van der Waals surface area contributed by atoms with E-state index in [4.69, 9.17) is 10.5 Å². The van der Waals surface area contributed by atoms with Crippen LogP contribution in [0.1, 0.15) is 33.4 Å². The average Bonchev–Trinajstić information content (AvgIpc) is 3.29. The molecule has 0 radical (unpaired) electrons. The molecule has 0 bridgehead atoms. The number of amides is 3. The number of rotatable bonds is 18. The molecule has 2 atom stereocenters. The van der Waals surface area contributed by atoms with Gasteiger partial charge in [0, 0.05) is 18.6 Å². The van der Waals surface area contributed by atoms with Crippen molar-refractivity contribution in [2.75, 3.05) is 31.7 Å². The van der Waals surface area contributed by atoms with Crippen molar-refractivity contribution in [3.63, 3.8) is 0 Å². The average molecular weight is 809 g/mol. The molecule has 0 saturated heterocycles. The number of hydrogen-bond donors (Lipinski definition) is 4. The van der Waals surface area contributed by atoms with Crippen molar-refractivity contribution in [1.29, 1.82) is 0 Å². The van der Waals surface area contributed by atoms with Crippen LogP contribution in [0.25, 0.3) is 0 Å². The lowest BCUT2D eigenvalue weighted by Crippen LogP contribution is -2.54. The molecule has 0 fully saturated rings. The minimum absolute atomic E-state index is 0.0437. The van der Waals surface area contributed by atoms with Gasteiger partial charge in [-0.05, 0) is 33.4 Å². The van der Waals surface area contributed by atoms with Gasteiger partial charge in [-0.25, -0.2) is 4.79 Å². The van der Waals surface area contributed by atoms with Gasteiger partial charge in [-0.3, -0.25) is 9.59 Å². The van der Waals surface area contributed by atoms with Gasteiger partial charge < -0.3 is 26.4 Å². The molecule has 0 aliphatic carbocycles. The van der Waals surface area contributed by atoms with E-state index in [9.17, 15) is 14.4 Å². The van der Waals surface area contributed by atoms with Gasteiger partial charge in [0.2, 0.25) is 11.8 Å². The zero-order chi connectivity index (χ0) is 40.6. The molecule has 296 valence electrons. The van der Waals surface area contributed by atoms with E-state index in [0.717, 1.165) is 33.4 Å². The van der Waals surface area contributed by atoms with E-state index in [2.05, 4.69) is 88.7 Å². The number of nitrogens with one attached hydrogen (secondary N) is 3. The van der Waals surface area contributed by atoms with Gasteiger partial charge in [0.25, 0.3) is 0 Å². The first-order valence-corrected chi connectivity index (χ1v) is 21.1. The first-order valence-electron chi connectivity index (χ1n) is 19.2. The number of alkyl carbamates (subject to hydrolysis) is 1. The molecule has 0 aliphatic heterocycles. The molecule has 0 aliphatic rings. The molecule has 58 heavy (non-hydrogen) atoms. The van der Waals surface area contributed by atoms with Gasteiger partial charge >= 0.3 is 6.09 Å². The van der Waals surface area contributed by atoms with Gasteiger partial charge in [0.15, 0.2) is 0 Å². The molecule has 0 unspecified atom stereocenters. The van der Waals surface area contributed by atoms with E-state index in [1.165, 1.54) is 7.05 Å². The predicted molar refractivity (Wildman–Crippen MR) is 237 cm³/mol. The fourth-order valence-electron chi connectivity index (χ4n) is 7.01. The Hall–Kier alpha value is -5.81. The molecule has 6 aromatic rings. The van der Waals surface area contributed by atoms with Gasteiger partial charge in [-0.1, -0.05) is 182 Å². The van der Waals surface area contributed by atoms with E-state index in [1.54, 1.807) is 23.5 Å². The highest BCUT2D eigenvalue weighted by Gasteiger charge is 2.40. The lowest BCUT2D eigenvalue weighted by molar-refractivity contribution is -0.128. The van der Waals surface area contributed by atoms with E-state index in [1.807, 2.05) is 109 Å². The second-order valence-electron chi connectivity index (χ2n) is 13.5. The summed E-state index contributed by atoms with van der Waals surface area (Å²) in [5.74, 6) is -0.443. The van der Waals surface area contributed by atoms with Crippen LogP contribution in [0.3, 0.4) is 0 Å². The van der Waals surface area contributed by atoms with Crippen molar-refractivity contribution in [2.24, 2.45) is 5.73 Å².